The molecule has 7 heteroatoms. The molecule has 2 fully saturated rings. The summed E-state index contributed by atoms with van der Waals surface area (Å²) in [5, 5.41) is 6.57. The minimum atomic E-state index is -4.10. The molecule has 1 heterocycles. The van der Waals surface area contributed by atoms with E-state index >= 15 is 0 Å². The Labute approximate surface area is 143 Å². The molecule has 0 aromatic heterocycles. The van der Waals surface area contributed by atoms with Crippen molar-refractivity contribution in [3.8, 4) is 0 Å². The van der Waals surface area contributed by atoms with Gasteiger partial charge in [-0.15, -0.1) is 0 Å². The number of alkyl halides is 3. The van der Waals surface area contributed by atoms with Crippen molar-refractivity contribution in [3.63, 3.8) is 0 Å². The van der Waals surface area contributed by atoms with E-state index in [4.69, 9.17) is 4.99 Å². The summed E-state index contributed by atoms with van der Waals surface area (Å²) in [5.74, 6) is 1.05. The van der Waals surface area contributed by atoms with Crippen molar-refractivity contribution >= 4 is 5.96 Å². The highest BCUT2D eigenvalue weighted by molar-refractivity contribution is 5.79. The summed E-state index contributed by atoms with van der Waals surface area (Å²) in [6, 6.07) is 0. The van der Waals surface area contributed by atoms with Gasteiger partial charge >= 0.3 is 6.18 Å². The summed E-state index contributed by atoms with van der Waals surface area (Å²) in [6.07, 6.45) is 1.66. The fourth-order valence-corrected chi connectivity index (χ4v) is 3.61. The van der Waals surface area contributed by atoms with E-state index in [9.17, 15) is 13.2 Å². The largest absolute Gasteiger partial charge is 0.401 e. The second-order valence-electron chi connectivity index (χ2n) is 7.29. The van der Waals surface area contributed by atoms with Crippen molar-refractivity contribution in [2.24, 2.45) is 16.3 Å². The van der Waals surface area contributed by atoms with Crippen LogP contribution in [-0.4, -0.2) is 56.3 Å². The molecule has 0 spiro atoms. The van der Waals surface area contributed by atoms with Crippen molar-refractivity contribution in [1.82, 2.24) is 15.5 Å². The van der Waals surface area contributed by atoms with Crippen molar-refractivity contribution in [3.05, 3.63) is 0 Å². The van der Waals surface area contributed by atoms with E-state index in [2.05, 4.69) is 17.6 Å². The Hall–Kier alpha value is -0.980. The Morgan fingerprint density at radius 1 is 1.25 bits per heavy atom. The Bertz CT molecular complexity index is 413. The lowest BCUT2D eigenvalue weighted by Crippen LogP contribution is -2.42. The van der Waals surface area contributed by atoms with Crippen LogP contribution in [0.2, 0.25) is 0 Å². The molecule has 1 atom stereocenters. The molecule has 0 radical (unpaired) electrons. The third-order valence-corrected chi connectivity index (χ3v) is 5.41. The van der Waals surface area contributed by atoms with Crippen molar-refractivity contribution in [2.45, 2.75) is 52.1 Å². The van der Waals surface area contributed by atoms with Crippen LogP contribution in [0, 0.1) is 11.3 Å². The van der Waals surface area contributed by atoms with Crippen LogP contribution in [0.4, 0.5) is 13.2 Å². The molecule has 1 saturated heterocycles. The van der Waals surface area contributed by atoms with Gasteiger partial charge in [-0.1, -0.05) is 13.3 Å². The Balaban J connectivity index is 1.77. The lowest BCUT2D eigenvalue weighted by molar-refractivity contribution is -0.143. The normalized spacial score (nSPS) is 24.7. The molecule has 0 aromatic rings. The molecule has 1 aliphatic heterocycles. The van der Waals surface area contributed by atoms with Gasteiger partial charge in [0.2, 0.25) is 0 Å². The predicted octanol–water partition coefficient (Wildman–Crippen LogP) is 3.01. The highest BCUT2D eigenvalue weighted by Gasteiger charge is 2.35. The van der Waals surface area contributed by atoms with Gasteiger partial charge in [0.05, 0.1) is 6.54 Å². The Morgan fingerprint density at radius 3 is 2.54 bits per heavy atom. The molecule has 1 aliphatic carbocycles. The Morgan fingerprint density at radius 2 is 2.00 bits per heavy atom. The number of aliphatic imine (C=N–C) groups is 1. The average molecular weight is 348 g/mol. The summed E-state index contributed by atoms with van der Waals surface area (Å²) >= 11 is 0. The first-order chi connectivity index (χ1) is 11.4. The molecule has 1 saturated carbocycles. The van der Waals surface area contributed by atoms with Crippen LogP contribution in [0.25, 0.3) is 0 Å². The molecule has 0 aromatic carbocycles. The maximum absolute atomic E-state index is 12.4. The number of guanidine groups is 1. The SMILES string of the molecule is CCNC(=NCC1(CC)CCC1)NCC1CCN(CC(F)(F)F)C1. The summed E-state index contributed by atoms with van der Waals surface area (Å²) in [5.41, 5.74) is 0.374. The fourth-order valence-electron chi connectivity index (χ4n) is 3.61. The van der Waals surface area contributed by atoms with E-state index in [1.807, 2.05) is 6.92 Å². The Kier molecular flexibility index (Phi) is 6.78. The number of likely N-dealkylation sites (tertiary alicyclic amines) is 1. The van der Waals surface area contributed by atoms with Gasteiger partial charge < -0.3 is 10.6 Å². The van der Waals surface area contributed by atoms with Crippen molar-refractivity contribution < 1.29 is 13.2 Å². The topological polar surface area (TPSA) is 39.7 Å². The van der Waals surface area contributed by atoms with Crippen LogP contribution < -0.4 is 10.6 Å². The third kappa shape index (κ3) is 5.83. The molecule has 1 unspecified atom stereocenters. The third-order valence-electron chi connectivity index (χ3n) is 5.41. The van der Waals surface area contributed by atoms with E-state index < -0.39 is 12.7 Å². The summed E-state index contributed by atoms with van der Waals surface area (Å²) < 4.78 is 37.3. The molecule has 2 rings (SSSR count). The minimum Gasteiger partial charge on any atom is -0.357 e. The lowest BCUT2D eigenvalue weighted by atomic mass is 9.67. The fraction of sp³-hybridized carbons (Fsp3) is 0.941. The van der Waals surface area contributed by atoms with E-state index in [0.29, 0.717) is 25.0 Å². The van der Waals surface area contributed by atoms with Gasteiger partial charge in [-0.3, -0.25) is 9.89 Å². The highest BCUT2D eigenvalue weighted by Crippen LogP contribution is 2.43. The number of nitrogens with one attached hydrogen (secondary N) is 2. The number of hydrogen-bond donors (Lipinski definition) is 2. The predicted molar refractivity (Wildman–Crippen MR) is 91.2 cm³/mol. The van der Waals surface area contributed by atoms with E-state index in [-0.39, 0.29) is 5.92 Å². The second kappa shape index (κ2) is 8.41. The zero-order valence-electron chi connectivity index (χ0n) is 14.9. The van der Waals surface area contributed by atoms with Crippen LogP contribution in [0.15, 0.2) is 4.99 Å². The van der Waals surface area contributed by atoms with Crippen LogP contribution in [-0.2, 0) is 0 Å². The van der Waals surface area contributed by atoms with Gasteiger partial charge in [-0.05, 0) is 50.5 Å². The molecule has 2 N–H and O–H groups in total. The smallest absolute Gasteiger partial charge is 0.357 e. The standard InChI is InChI=1S/C17H31F3N4/c1-3-16(7-5-8-16)12-23-15(21-4-2)22-10-14-6-9-24(11-14)13-17(18,19)20/h14H,3-13H2,1-2H3,(H2,21,22,23). The molecule has 140 valence electrons. The lowest BCUT2D eigenvalue weighted by Gasteiger charge is -2.40. The maximum atomic E-state index is 12.4. The zero-order chi connectivity index (χ0) is 17.6. The second-order valence-corrected chi connectivity index (χ2v) is 7.29. The van der Waals surface area contributed by atoms with Crippen molar-refractivity contribution in [2.75, 3.05) is 39.3 Å². The molecule has 0 amide bonds. The summed E-state index contributed by atoms with van der Waals surface area (Å²) in [7, 11) is 0. The minimum absolute atomic E-state index is 0.250. The van der Waals surface area contributed by atoms with Gasteiger partial charge in [-0.2, -0.15) is 13.2 Å². The van der Waals surface area contributed by atoms with Crippen molar-refractivity contribution in [1.29, 1.82) is 0 Å². The molecular weight excluding hydrogens is 317 g/mol. The highest BCUT2D eigenvalue weighted by atomic mass is 19.4. The van der Waals surface area contributed by atoms with E-state index in [1.165, 1.54) is 24.2 Å². The number of rotatable bonds is 7. The number of hydrogen-bond acceptors (Lipinski definition) is 2. The van der Waals surface area contributed by atoms with Crippen LogP contribution >= 0.6 is 0 Å². The quantitative estimate of drug-likeness (QED) is 0.549. The molecule has 4 nitrogen and oxygen atoms in total. The monoisotopic (exact) mass is 348 g/mol. The first-order valence-electron chi connectivity index (χ1n) is 9.17. The van der Waals surface area contributed by atoms with Gasteiger partial charge in [0.15, 0.2) is 5.96 Å². The number of nitrogens with zero attached hydrogens (tertiary/aromatic N) is 2. The molecule has 2 aliphatic rings. The van der Waals surface area contributed by atoms with E-state index in [0.717, 1.165) is 31.9 Å². The van der Waals surface area contributed by atoms with Gasteiger partial charge in [0.25, 0.3) is 0 Å². The van der Waals surface area contributed by atoms with Gasteiger partial charge in [0, 0.05) is 26.2 Å². The molecular formula is C17H31F3N4. The first kappa shape index (κ1) is 19.3. The van der Waals surface area contributed by atoms with Gasteiger partial charge in [-0.25, -0.2) is 0 Å². The van der Waals surface area contributed by atoms with Crippen LogP contribution in [0.1, 0.15) is 46.0 Å². The zero-order valence-corrected chi connectivity index (χ0v) is 14.9. The van der Waals surface area contributed by atoms with Crippen LogP contribution in [0.5, 0.6) is 0 Å². The maximum Gasteiger partial charge on any atom is 0.401 e. The summed E-state index contributed by atoms with van der Waals surface area (Å²) in [6.45, 7) is 6.79. The molecule has 24 heavy (non-hydrogen) atoms. The van der Waals surface area contributed by atoms with E-state index in [1.54, 1.807) is 0 Å². The summed E-state index contributed by atoms with van der Waals surface area (Å²) in [4.78, 5) is 6.22. The van der Waals surface area contributed by atoms with Crippen LogP contribution in [0.3, 0.4) is 0 Å². The van der Waals surface area contributed by atoms with Gasteiger partial charge in [0.1, 0.15) is 0 Å². The molecule has 0 bridgehead atoms. The first-order valence-corrected chi connectivity index (χ1v) is 9.17. The number of halogens is 3. The average Bonchev–Trinajstić information content (AvgIpc) is 2.89.